The lowest BCUT2D eigenvalue weighted by Crippen LogP contribution is -2.23. The van der Waals surface area contributed by atoms with E-state index in [1.54, 1.807) is 0 Å². The summed E-state index contributed by atoms with van der Waals surface area (Å²) in [6.07, 6.45) is 0. The quantitative estimate of drug-likeness (QED) is 0.810. The Labute approximate surface area is 120 Å². The minimum absolute atomic E-state index is 0.293. The zero-order valence-electron chi connectivity index (χ0n) is 12.6. The average Bonchev–Trinajstić information content (AvgIpc) is 2.87. The van der Waals surface area contributed by atoms with Crippen molar-refractivity contribution in [2.24, 2.45) is 0 Å². The van der Waals surface area contributed by atoms with Gasteiger partial charge in [-0.3, -0.25) is 9.88 Å². The molecule has 0 aliphatic heterocycles. The molecule has 0 fully saturated rings. The molecule has 20 heavy (non-hydrogen) atoms. The van der Waals surface area contributed by atoms with E-state index in [1.165, 1.54) is 0 Å². The van der Waals surface area contributed by atoms with E-state index in [9.17, 15) is 0 Å². The Bertz CT molecular complexity index is 550. The number of aryl methyl sites for hydroxylation is 1. The van der Waals surface area contributed by atoms with Gasteiger partial charge < -0.3 is 4.52 Å². The maximum absolute atomic E-state index is 5.30. The van der Waals surface area contributed by atoms with E-state index in [4.69, 9.17) is 4.52 Å². The third-order valence-corrected chi connectivity index (χ3v) is 3.14. The van der Waals surface area contributed by atoms with Crippen molar-refractivity contribution in [1.29, 1.82) is 0 Å². The van der Waals surface area contributed by atoms with Crippen LogP contribution in [0.3, 0.4) is 0 Å². The third-order valence-electron chi connectivity index (χ3n) is 3.14. The van der Waals surface area contributed by atoms with E-state index in [2.05, 4.69) is 40.8 Å². The van der Waals surface area contributed by atoms with Crippen LogP contribution < -0.4 is 0 Å². The van der Waals surface area contributed by atoms with Crippen molar-refractivity contribution in [2.45, 2.75) is 46.7 Å². The molecular weight excluding hydrogens is 252 g/mol. The molecule has 0 aliphatic rings. The van der Waals surface area contributed by atoms with Gasteiger partial charge in [-0.05, 0) is 25.6 Å². The third kappa shape index (κ3) is 3.87. The summed E-state index contributed by atoms with van der Waals surface area (Å²) in [4.78, 5) is 11.2. The van der Waals surface area contributed by atoms with Gasteiger partial charge in [0.1, 0.15) is 0 Å². The zero-order valence-corrected chi connectivity index (χ0v) is 12.6. The molecule has 108 valence electrons. The number of hydrogen-bond donors (Lipinski definition) is 0. The van der Waals surface area contributed by atoms with Crippen LogP contribution in [0.1, 0.15) is 49.8 Å². The van der Waals surface area contributed by atoms with E-state index in [1.807, 2.05) is 25.1 Å². The maximum atomic E-state index is 5.30. The number of hydrogen-bond acceptors (Lipinski definition) is 5. The Morgan fingerprint density at radius 3 is 2.60 bits per heavy atom. The fourth-order valence-corrected chi connectivity index (χ4v) is 1.95. The van der Waals surface area contributed by atoms with Gasteiger partial charge in [0.05, 0.1) is 12.2 Å². The van der Waals surface area contributed by atoms with Crippen LogP contribution in [0.2, 0.25) is 0 Å². The predicted molar refractivity (Wildman–Crippen MR) is 77.1 cm³/mol. The van der Waals surface area contributed by atoms with Crippen molar-refractivity contribution in [3.8, 4) is 0 Å². The molecule has 0 aromatic carbocycles. The van der Waals surface area contributed by atoms with Crippen molar-refractivity contribution in [2.75, 3.05) is 6.54 Å². The highest BCUT2D eigenvalue weighted by atomic mass is 16.5. The molecule has 0 spiro atoms. The minimum Gasteiger partial charge on any atom is -0.338 e. The van der Waals surface area contributed by atoms with Crippen molar-refractivity contribution in [3.63, 3.8) is 0 Å². The molecule has 0 aliphatic carbocycles. The Balaban J connectivity index is 2.01. The Hall–Kier alpha value is -1.75. The molecule has 2 aromatic rings. The van der Waals surface area contributed by atoms with E-state index in [0.29, 0.717) is 18.4 Å². The predicted octanol–water partition coefficient (Wildman–Crippen LogP) is 2.92. The van der Waals surface area contributed by atoms with Crippen molar-refractivity contribution in [3.05, 3.63) is 41.3 Å². The number of aromatic nitrogens is 3. The van der Waals surface area contributed by atoms with Gasteiger partial charge in [0, 0.05) is 18.2 Å². The molecule has 0 N–H and O–H groups in total. The van der Waals surface area contributed by atoms with Crippen LogP contribution in [-0.2, 0) is 13.1 Å². The van der Waals surface area contributed by atoms with Crippen LogP contribution in [0.4, 0.5) is 0 Å². The van der Waals surface area contributed by atoms with E-state index >= 15 is 0 Å². The molecule has 0 unspecified atom stereocenters. The van der Waals surface area contributed by atoms with Crippen LogP contribution in [-0.4, -0.2) is 26.6 Å². The summed E-state index contributed by atoms with van der Waals surface area (Å²) >= 11 is 0. The highest BCUT2D eigenvalue weighted by Gasteiger charge is 2.13. The summed E-state index contributed by atoms with van der Waals surface area (Å²) in [5.74, 6) is 1.73. The van der Waals surface area contributed by atoms with Crippen LogP contribution in [0.25, 0.3) is 0 Å². The van der Waals surface area contributed by atoms with Crippen LogP contribution >= 0.6 is 0 Å². The summed E-state index contributed by atoms with van der Waals surface area (Å²) in [6.45, 7) is 10.6. The van der Waals surface area contributed by atoms with E-state index in [-0.39, 0.29) is 0 Å². The zero-order chi connectivity index (χ0) is 14.5. The number of pyridine rings is 1. The summed E-state index contributed by atoms with van der Waals surface area (Å²) < 4.78 is 5.30. The SMILES string of the molecule is CCN(Cc1cccc(C)n1)Cc1nc(C(C)C)no1. The largest absolute Gasteiger partial charge is 0.338 e. The van der Waals surface area contributed by atoms with E-state index < -0.39 is 0 Å². The minimum atomic E-state index is 0.293. The van der Waals surface area contributed by atoms with Crippen LogP contribution in [0, 0.1) is 6.92 Å². The molecule has 0 saturated heterocycles. The second-order valence-electron chi connectivity index (χ2n) is 5.27. The lowest BCUT2D eigenvalue weighted by atomic mass is 10.2. The first kappa shape index (κ1) is 14.7. The first-order chi connectivity index (χ1) is 9.58. The Morgan fingerprint density at radius 2 is 2.00 bits per heavy atom. The molecule has 0 amide bonds. The first-order valence-corrected chi connectivity index (χ1v) is 7.06. The molecule has 0 bridgehead atoms. The van der Waals surface area contributed by atoms with Gasteiger partial charge in [0.2, 0.25) is 5.89 Å². The Kier molecular flexibility index (Phi) is 4.84. The Morgan fingerprint density at radius 1 is 1.20 bits per heavy atom. The standard InChI is InChI=1S/C15H22N4O/c1-5-19(9-13-8-6-7-12(4)16-13)10-14-17-15(11(2)3)18-20-14/h6-8,11H,5,9-10H2,1-4H3. The monoisotopic (exact) mass is 274 g/mol. The second kappa shape index (κ2) is 6.61. The second-order valence-corrected chi connectivity index (χ2v) is 5.27. The smallest absolute Gasteiger partial charge is 0.240 e. The van der Waals surface area contributed by atoms with Crippen LogP contribution in [0.15, 0.2) is 22.7 Å². The first-order valence-electron chi connectivity index (χ1n) is 7.06. The highest BCUT2D eigenvalue weighted by Crippen LogP contribution is 2.12. The van der Waals surface area contributed by atoms with Gasteiger partial charge in [0.25, 0.3) is 0 Å². The average molecular weight is 274 g/mol. The fraction of sp³-hybridized carbons (Fsp3) is 0.533. The van der Waals surface area contributed by atoms with Gasteiger partial charge >= 0.3 is 0 Å². The molecule has 0 atom stereocenters. The molecular formula is C15H22N4O. The summed E-state index contributed by atoms with van der Waals surface area (Å²) in [5, 5.41) is 4.00. The number of rotatable bonds is 6. The van der Waals surface area contributed by atoms with Crippen LogP contribution in [0.5, 0.6) is 0 Å². The van der Waals surface area contributed by atoms with Crippen molar-refractivity contribution < 1.29 is 4.52 Å². The van der Waals surface area contributed by atoms with Crippen molar-refractivity contribution >= 4 is 0 Å². The molecule has 0 saturated carbocycles. The topological polar surface area (TPSA) is 55.1 Å². The lowest BCUT2D eigenvalue weighted by Gasteiger charge is -2.17. The molecule has 2 rings (SSSR count). The lowest BCUT2D eigenvalue weighted by molar-refractivity contribution is 0.226. The summed E-state index contributed by atoms with van der Waals surface area (Å²) in [7, 11) is 0. The molecule has 0 radical (unpaired) electrons. The van der Waals surface area contributed by atoms with Gasteiger partial charge in [-0.1, -0.05) is 32.0 Å². The van der Waals surface area contributed by atoms with Gasteiger partial charge in [-0.25, -0.2) is 0 Å². The summed E-state index contributed by atoms with van der Waals surface area (Å²) in [5.41, 5.74) is 2.11. The molecule has 2 aromatic heterocycles. The summed E-state index contributed by atoms with van der Waals surface area (Å²) in [6, 6.07) is 6.09. The highest BCUT2D eigenvalue weighted by molar-refractivity contribution is 5.09. The van der Waals surface area contributed by atoms with Gasteiger partial charge in [-0.15, -0.1) is 0 Å². The molecule has 5 nitrogen and oxygen atoms in total. The fourth-order valence-electron chi connectivity index (χ4n) is 1.95. The number of nitrogens with zero attached hydrogens (tertiary/aromatic N) is 4. The van der Waals surface area contributed by atoms with Gasteiger partial charge in [0.15, 0.2) is 5.82 Å². The molecule has 2 heterocycles. The van der Waals surface area contributed by atoms with Crippen molar-refractivity contribution in [1.82, 2.24) is 20.0 Å². The normalized spacial score (nSPS) is 11.5. The molecule has 5 heteroatoms. The van der Waals surface area contributed by atoms with Gasteiger partial charge in [-0.2, -0.15) is 4.98 Å². The maximum Gasteiger partial charge on any atom is 0.240 e. The van der Waals surface area contributed by atoms with E-state index in [0.717, 1.165) is 30.3 Å².